The number of carbonyl (C=O) groups is 1. The average Bonchev–Trinajstić information content (AvgIpc) is 2.16. The van der Waals surface area contributed by atoms with Gasteiger partial charge < -0.3 is 10.8 Å². The van der Waals surface area contributed by atoms with Crippen LogP contribution >= 0.6 is 0 Å². The minimum Gasteiger partial charge on any atom is -0.478 e. The Morgan fingerprint density at radius 3 is 2.21 bits per heavy atom. The highest BCUT2D eigenvalue weighted by molar-refractivity contribution is 5.85. The number of rotatable bonds is 5. The number of aliphatic carboxylic acids is 1. The highest BCUT2D eigenvalue weighted by Gasteiger charge is 2.26. The van der Waals surface area contributed by atoms with Crippen LogP contribution < -0.4 is 5.73 Å². The molecule has 0 saturated carbocycles. The van der Waals surface area contributed by atoms with Gasteiger partial charge in [-0.2, -0.15) is 0 Å². The normalized spacial score (nSPS) is 15.4. The topological polar surface area (TPSA) is 63.3 Å². The van der Waals surface area contributed by atoms with E-state index in [9.17, 15) is 4.79 Å². The number of nitrogens with two attached hydrogens (primary N) is 1. The lowest BCUT2D eigenvalue weighted by molar-refractivity contribution is -0.132. The van der Waals surface area contributed by atoms with E-state index >= 15 is 0 Å². The van der Waals surface area contributed by atoms with Gasteiger partial charge in [0.15, 0.2) is 0 Å². The minimum absolute atomic E-state index is 0.0913. The van der Waals surface area contributed by atoms with Crippen LogP contribution in [0.4, 0.5) is 0 Å². The summed E-state index contributed by atoms with van der Waals surface area (Å²) in [4.78, 5) is 10.6. The molecule has 0 aromatic carbocycles. The van der Waals surface area contributed by atoms with Gasteiger partial charge in [0.25, 0.3) is 0 Å². The van der Waals surface area contributed by atoms with Gasteiger partial charge in [-0.05, 0) is 25.7 Å². The van der Waals surface area contributed by atoms with E-state index in [4.69, 9.17) is 10.8 Å². The Labute approximate surface area is 86.0 Å². The van der Waals surface area contributed by atoms with Crippen LogP contribution in [0.25, 0.3) is 0 Å². The van der Waals surface area contributed by atoms with Crippen molar-refractivity contribution in [3.8, 4) is 0 Å². The molecule has 0 spiro atoms. The summed E-state index contributed by atoms with van der Waals surface area (Å²) in [5.41, 5.74) is 6.24. The third kappa shape index (κ3) is 3.14. The first kappa shape index (κ1) is 13.2. The Hall–Kier alpha value is -0.830. The number of hydrogen-bond acceptors (Lipinski definition) is 2. The van der Waals surface area contributed by atoms with Crippen molar-refractivity contribution in [3.05, 3.63) is 11.6 Å². The van der Waals surface area contributed by atoms with Crippen molar-refractivity contribution in [2.24, 2.45) is 11.7 Å². The molecule has 0 rings (SSSR count). The molecule has 1 atom stereocenters. The van der Waals surface area contributed by atoms with Crippen molar-refractivity contribution in [1.29, 1.82) is 0 Å². The summed E-state index contributed by atoms with van der Waals surface area (Å²) in [6.07, 6.45) is 3.46. The Kier molecular flexibility index (Phi) is 4.85. The van der Waals surface area contributed by atoms with Crippen LogP contribution in [-0.4, -0.2) is 16.6 Å². The largest absolute Gasteiger partial charge is 0.478 e. The molecular weight excluding hydrogens is 178 g/mol. The summed E-state index contributed by atoms with van der Waals surface area (Å²) in [6, 6.07) is 0. The van der Waals surface area contributed by atoms with E-state index in [1.807, 2.05) is 20.8 Å². The summed E-state index contributed by atoms with van der Waals surface area (Å²) in [5, 5.41) is 8.73. The van der Waals surface area contributed by atoms with Crippen LogP contribution in [0.3, 0.4) is 0 Å². The average molecular weight is 199 g/mol. The molecule has 0 heterocycles. The van der Waals surface area contributed by atoms with Crippen LogP contribution in [-0.2, 0) is 4.79 Å². The van der Waals surface area contributed by atoms with Gasteiger partial charge >= 0.3 is 5.97 Å². The maximum absolute atomic E-state index is 10.6. The summed E-state index contributed by atoms with van der Waals surface area (Å²) < 4.78 is 0. The highest BCUT2D eigenvalue weighted by Crippen LogP contribution is 2.24. The molecule has 82 valence electrons. The quantitative estimate of drug-likeness (QED) is 0.667. The SMILES string of the molecule is CCC(N)(CC)C(C)C=C(C)C(=O)O. The molecule has 0 amide bonds. The van der Waals surface area contributed by atoms with E-state index in [1.54, 1.807) is 13.0 Å². The van der Waals surface area contributed by atoms with E-state index in [0.29, 0.717) is 5.57 Å². The standard InChI is InChI=1S/C11H21NO2/c1-5-11(12,6-2)9(4)7-8(3)10(13)14/h7,9H,5-6,12H2,1-4H3,(H,13,14). The summed E-state index contributed by atoms with van der Waals surface area (Å²) >= 11 is 0. The molecule has 0 fully saturated rings. The second kappa shape index (κ2) is 5.15. The summed E-state index contributed by atoms with van der Waals surface area (Å²) in [5.74, 6) is -0.778. The van der Waals surface area contributed by atoms with E-state index in [0.717, 1.165) is 12.8 Å². The molecular formula is C11H21NO2. The fourth-order valence-electron chi connectivity index (χ4n) is 1.51. The Bertz CT molecular complexity index is 229. The van der Waals surface area contributed by atoms with E-state index in [-0.39, 0.29) is 11.5 Å². The lowest BCUT2D eigenvalue weighted by Gasteiger charge is -2.32. The monoisotopic (exact) mass is 199 g/mol. The second-order valence-electron chi connectivity index (χ2n) is 3.88. The van der Waals surface area contributed by atoms with Crippen molar-refractivity contribution in [2.75, 3.05) is 0 Å². The third-order valence-corrected chi connectivity index (χ3v) is 3.06. The zero-order chi connectivity index (χ0) is 11.4. The van der Waals surface area contributed by atoms with Gasteiger partial charge in [0.1, 0.15) is 0 Å². The maximum atomic E-state index is 10.6. The van der Waals surface area contributed by atoms with E-state index < -0.39 is 5.97 Å². The van der Waals surface area contributed by atoms with Gasteiger partial charge in [0.05, 0.1) is 0 Å². The molecule has 3 nitrogen and oxygen atoms in total. The van der Waals surface area contributed by atoms with Gasteiger partial charge in [0.2, 0.25) is 0 Å². The molecule has 3 heteroatoms. The number of hydrogen-bond donors (Lipinski definition) is 2. The molecule has 14 heavy (non-hydrogen) atoms. The maximum Gasteiger partial charge on any atom is 0.330 e. The molecule has 0 aromatic heterocycles. The van der Waals surface area contributed by atoms with E-state index in [1.165, 1.54) is 0 Å². The van der Waals surface area contributed by atoms with Crippen LogP contribution in [0.15, 0.2) is 11.6 Å². The first-order chi connectivity index (χ1) is 6.37. The molecule has 0 aliphatic heterocycles. The Morgan fingerprint density at radius 1 is 1.50 bits per heavy atom. The molecule has 0 radical (unpaired) electrons. The van der Waals surface area contributed by atoms with Crippen molar-refractivity contribution in [1.82, 2.24) is 0 Å². The smallest absolute Gasteiger partial charge is 0.330 e. The van der Waals surface area contributed by atoms with Gasteiger partial charge in [-0.1, -0.05) is 26.8 Å². The minimum atomic E-state index is -0.869. The van der Waals surface area contributed by atoms with Crippen molar-refractivity contribution in [2.45, 2.75) is 46.1 Å². The first-order valence-electron chi connectivity index (χ1n) is 5.08. The van der Waals surface area contributed by atoms with Crippen LogP contribution in [0.2, 0.25) is 0 Å². The van der Waals surface area contributed by atoms with E-state index in [2.05, 4.69) is 0 Å². The molecule has 1 unspecified atom stereocenters. The summed E-state index contributed by atoms with van der Waals surface area (Å²) in [6.45, 7) is 7.64. The fraction of sp³-hybridized carbons (Fsp3) is 0.727. The third-order valence-electron chi connectivity index (χ3n) is 3.06. The fourth-order valence-corrected chi connectivity index (χ4v) is 1.51. The Balaban J connectivity index is 4.69. The second-order valence-corrected chi connectivity index (χ2v) is 3.88. The van der Waals surface area contributed by atoms with Gasteiger partial charge in [-0.3, -0.25) is 0 Å². The molecule has 0 bridgehead atoms. The summed E-state index contributed by atoms with van der Waals surface area (Å²) in [7, 11) is 0. The predicted molar refractivity (Wildman–Crippen MR) is 58.1 cm³/mol. The number of carboxylic acid groups (broad SMARTS) is 1. The van der Waals surface area contributed by atoms with Crippen molar-refractivity contribution >= 4 is 5.97 Å². The molecule has 3 N–H and O–H groups in total. The zero-order valence-corrected chi connectivity index (χ0v) is 9.50. The molecule has 0 saturated heterocycles. The molecule has 0 aromatic rings. The van der Waals surface area contributed by atoms with Crippen LogP contribution in [0.1, 0.15) is 40.5 Å². The number of carboxylic acids is 1. The molecule has 0 aliphatic rings. The highest BCUT2D eigenvalue weighted by atomic mass is 16.4. The van der Waals surface area contributed by atoms with Crippen LogP contribution in [0.5, 0.6) is 0 Å². The predicted octanol–water partition coefficient (Wildman–Crippen LogP) is 2.17. The van der Waals surface area contributed by atoms with Crippen molar-refractivity contribution in [3.63, 3.8) is 0 Å². The van der Waals surface area contributed by atoms with Crippen molar-refractivity contribution < 1.29 is 9.90 Å². The van der Waals surface area contributed by atoms with Crippen LogP contribution in [0, 0.1) is 5.92 Å². The lowest BCUT2D eigenvalue weighted by Crippen LogP contribution is -2.44. The van der Waals surface area contributed by atoms with Gasteiger partial charge in [0, 0.05) is 11.1 Å². The van der Waals surface area contributed by atoms with Gasteiger partial charge in [-0.15, -0.1) is 0 Å². The molecule has 0 aliphatic carbocycles. The van der Waals surface area contributed by atoms with Gasteiger partial charge in [-0.25, -0.2) is 4.79 Å². The lowest BCUT2D eigenvalue weighted by atomic mass is 9.80. The first-order valence-corrected chi connectivity index (χ1v) is 5.08. The zero-order valence-electron chi connectivity index (χ0n) is 9.50. The Morgan fingerprint density at radius 2 is 1.93 bits per heavy atom.